The van der Waals surface area contributed by atoms with Gasteiger partial charge in [-0.1, -0.05) is 48.5 Å². The van der Waals surface area contributed by atoms with Crippen LogP contribution in [0.3, 0.4) is 0 Å². The van der Waals surface area contributed by atoms with E-state index in [4.69, 9.17) is 4.74 Å². The van der Waals surface area contributed by atoms with Crippen LogP contribution in [0.5, 0.6) is 0 Å². The number of carbonyl (C=O) groups excluding carboxylic acids is 1. The van der Waals surface area contributed by atoms with Gasteiger partial charge in [-0.15, -0.1) is 0 Å². The van der Waals surface area contributed by atoms with Gasteiger partial charge in [0.2, 0.25) is 0 Å². The van der Waals surface area contributed by atoms with E-state index in [9.17, 15) is 14.4 Å². The summed E-state index contributed by atoms with van der Waals surface area (Å²) in [5.41, 5.74) is 1.49. The second-order valence-corrected chi connectivity index (χ2v) is 7.14. The molecular weight excluding hydrogens is 394 g/mol. The molecule has 2 aromatic heterocycles. The van der Waals surface area contributed by atoms with E-state index in [1.54, 1.807) is 38.5 Å². The zero-order valence-electron chi connectivity index (χ0n) is 17.4. The molecule has 0 aliphatic carbocycles. The highest BCUT2D eigenvalue weighted by atomic mass is 16.5. The smallest absolute Gasteiger partial charge is 0.418 e. The number of hydrogen-bond acceptors (Lipinski definition) is 4. The highest BCUT2D eigenvalue weighted by Crippen LogP contribution is 2.21. The van der Waals surface area contributed by atoms with E-state index in [0.717, 1.165) is 10.9 Å². The average molecular weight is 415 g/mol. The highest BCUT2D eigenvalue weighted by Gasteiger charge is 2.13. The molecule has 4 aromatic rings. The maximum absolute atomic E-state index is 13.1. The second-order valence-electron chi connectivity index (χ2n) is 7.14. The summed E-state index contributed by atoms with van der Waals surface area (Å²) in [4.78, 5) is 38.4. The van der Waals surface area contributed by atoms with Gasteiger partial charge in [-0.3, -0.25) is 14.2 Å². The van der Waals surface area contributed by atoms with Gasteiger partial charge in [0, 0.05) is 31.2 Å². The largest absolute Gasteiger partial charge is 0.452 e. The number of aromatic nitrogens is 3. The molecule has 0 saturated heterocycles. The number of rotatable bonds is 2. The highest BCUT2D eigenvalue weighted by molar-refractivity contribution is 5.95. The Morgan fingerprint density at radius 3 is 2.06 bits per heavy atom. The number of nitrogens with zero attached hydrogens (tertiary/aromatic N) is 3. The first-order valence-corrected chi connectivity index (χ1v) is 9.65. The molecule has 2 heterocycles. The molecule has 0 radical (unpaired) electrons. The summed E-state index contributed by atoms with van der Waals surface area (Å²) < 4.78 is 8.91. The first-order chi connectivity index (χ1) is 14.9. The Labute approximate surface area is 177 Å². The molecule has 0 aliphatic heterocycles. The van der Waals surface area contributed by atoms with Crippen molar-refractivity contribution in [1.82, 2.24) is 13.7 Å². The van der Waals surface area contributed by atoms with Crippen LogP contribution in [0.1, 0.15) is 11.1 Å². The van der Waals surface area contributed by atoms with Crippen LogP contribution in [0.4, 0.5) is 4.79 Å². The molecule has 0 fully saturated rings. The number of fused-ring (bicyclic) bond motifs is 1. The third-order valence-corrected chi connectivity index (χ3v) is 5.28. The molecule has 31 heavy (non-hydrogen) atoms. The van der Waals surface area contributed by atoms with Crippen LogP contribution < -0.4 is 21.8 Å². The van der Waals surface area contributed by atoms with Crippen molar-refractivity contribution in [2.45, 2.75) is 0 Å². The summed E-state index contributed by atoms with van der Waals surface area (Å²) in [6.07, 6.45) is 4.38. The van der Waals surface area contributed by atoms with Crippen LogP contribution >= 0.6 is 0 Å². The SMILES string of the molecule is COC(=O)n1cc(/C=c2/c(=O)n(C)/c(=C\c3ccccc3)c(=O)n2C)c2ccccc21. The van der Waals surface area contributed by atoms with Crippen molar-refractivity contribution < 1.29 is 9.53 Å². The van der Waals surface area contributed by atoms with E-state index in [-0.39, 0.29) is 21.8 Å². The monoisotopic (exact) mass is 415 g/mol. The Bertz CT molecular complexity index is 1540. The standard InChI is InChI=1S/C24H21N3O4/c1-25-20(13-16-9-5-4-6-10-16)22(28)26(2)21(23(25)29)14-17-15-27(24(30)31-3)19-12-8-7-11-18(17)19/h4-15H,1-3H3/b20-13-,21-14-. The molecule has 0 amide bonds. The average Bonchev–Trinajstić information content (AvgIpc) is 3.17. The van der Waals surface area contributed by atoms with Crippen LogP contribution in [0.25, 0.3) is 23.1 Å². The fraction of sp³-hybridized carbons (Fsp3) is 0.125. The third-order valence-electron chi connectivity index (χ3n) is 5.28. The maximum Gasteiger partial charge on any atom is 0.418 e. The van der Waals surface area contributed by atoms with Gasteiger partial charge in [-0.25, -0.2) is 4.79 Å². The Kier molecular flexibility index (Phi) is 5.17. The van der Waals surface area contributed by atoms with Crippen molar-refractivity contribution >= 4 is 29.1 Å². The number of ether oxygens (including phenoxy) is 1. The van der Waals surface area contributed by atoms with E-state index in [1.807, 2.05) is 48.5 Å². The molecule has 0 unspecified atom stereocenters. The van der Waals surface area contributed by atoms with Gasteiger partial charge in [-0.05, 0) is 23.8 Å². The van der Waals surface area contributed by atoms with Gasteiger partial charge in [0.1, 0.15) is 10.7 Å². The minimum atomic E-state index is -0.537. The predicted octanol–water partition coefficient (Wildman–Crippen LogP) is 1.31. The van der Waals surface area contributed by atoms with Gasteiger partial charge >= 0.3 is 6.09 Å². The molecule has 0 saturated carbocycles. The molecule has 2 aromatic carbocycles. The molecule has 7 nitrogen and oxygen atoms in total. The van der Waals surface area contributed by atoms with E-state index >= 15 is 0 Å². The van der Waals surface area contributed by atoms with E-state index in [1.165, 1.54) is 20.8 Å². The molecule has 0 spiro atoms. The molecule has 0 aliphatic rings. The summed E-state index contributed by atoms with van der Waals surface area (Å²) in [6, 6.07) is 16.7. The lowest BCUT2D eigenvalue weighted by atomic mass is 10.1. The number of para-hydroxylation sites is 1. The van der Waals surface area contributed by atoms with Crippen molar-refractivity contribution in [3.05, 3.63) is 103 Å². The maximum atomic E-state index is 13.1. The molecule has 0 bridgehead atoms. The number of carbonyl (C=O) groups is 1. The number of methoxy groups -OCH3 is 1. The third kappa shape index (κ3) is 3.50. The Balaban J connectivity index is 2.01. The van der Waals surface area contributed by atoms with Gasteiger partial charge in [0.15, 0.2) is 0 Å². The van der Waals surface area contributed by atoms with E-state index < -0.39 is 6.09 Å². The summed E-state index contributed by atoms with van der Waals surface area (Å²) >= 11 is 0. The van der Waals surface area contributed by atoms with Crippen molar-refractivity contribution in [2.24, 2.45) is 14.1 Å². The van der Waals surface area contributed by atoms with Crippen LogP contribution in [0.15, 0.2) is 70.4 Å². The molecule has 7 heteroatoms. The lowest BCUT2D eigenvalue weighted by Crippen LogP contribution is -2.56. The van der Waals surface area contributed by atoms with Gasteiger partial charge in [-0.2, -0.15) is 0 Å². The summed E-state index contributed by atoms with van der Waals surface area (Å²) in [5, 5.41) is 1.26. The van der Waals surface area contributed by atoms with Crippen molar-refractivity contribution in [2.75, 3.05) is 7.11 Å². The van der Waals surface area contributed by atoms with Crippen LogP contribution in [0.2, 0.25) is 0 Å². The zero-order valence-corrected chi connectivity index (χ0v) is 17.4. The van der Waals surface area contributed by atoms with Crippen molar-refractivity contribution in [3.63, 3.8) is 0 Å². The lowest BCUT2D eigenvalue weighted by Gasteiger charge is -2.05. The van der Waals surface area contributed by atoms with Crippen LogP contribution in [-0.4, -0.2) is 26.9 Å². The van der Waals surface area contributed by atoms with Crippen molar-refractivity contribution in [1.29, 1.82) is 0 Å². The first kappa shape index (κ1) is 20.2. The minimum absolute atomic E-state index is 0.213. The Morgan fingerprint density at radius 1 is 0.839 bits per heavy atom. The minimum Gasteiger partial charge on any atom is -0.452 e. The topological polar surface area (TPSA) is 75.2 Å². The van der Waals surface area contributed by atoms with Gasteiger partial charge < -0.3 is 13.9 Å². The van der Waals surface area contributed by atoms with Gasteiger partial charge in [0.25, 0.3) is 11.1 Å². The van der Waals surface area contributed by atoms with Crippen molar-refractivity contribution in [3.8, 4) is 0 Å². The molecule has 0 N–H and O–H groups in total. The Morgan fingerprint density at radius 2 is 1.42 bits per heavy atom. The second kappa shape index (κ2) is 7.95. The first-order valence-electron chi connectivity index (χ1n) is 9.65. The van der Waals surface area contributed by atoms with E-state index in [0.29, 0.717) is 11.1 Å². The summed E-state index contributed by atoms with van der Waals surface area (Å²) in [6.45, 7) is 0. The normalized spacial score (nSPS) is 12.5. The molecule has 156 valence electrons. The molecule has 4 rings (SSSR count). The molecule has 0 atom stereocenters. The fourth-order valence-corrected chi connectivity index (χ4v) is 3.59. The molecular formula is C24H21N3O4. The summed E-state index contributed by atoms with van der Waals surface area (Å²) in [5.74, 6) is 0. The zero-order chi connectivity index (χ0) is 22.1. The summed E-state index contributed by atoms with van der Waals surface area (Å²) in [7, 11) is 4.45. The number of benzene rings is 2. The lowest BCUT2D eigenvalue weighted by molar-refractivity contribution is 0.174. The predicted molar refractivity (Wildman–Crippen MR) is 119 cm³/mol. The van der Waals surface area contributed by atoms with Gasteiger partial charge in [0.05, 0.1) is 12.6 Å². The van der Waals surface area contributed by atoms with Crippen LogP contribution in [-0.2, 0) is 18.8 Å². The fourth-order valence-electron chi connectivity index (χ4n) is 3.59. The van der Waals surface area contributed by atoms with E-state index in [2.05, 4.69) is 0 Å². The number of hydrogen-bond donors (Lipinski definition) is 0. The quantitative estimate of drug-likeness (QED) is 0.495. The Hall–Kier alpha value is -4.13. The van der Waals surface area contributed by atoms with Crippen LogP contribution in [0, 0.1) is 0 Å².